The summed E-state index contributed by atoms with van der Waals surface area (Å²) in [5.41, 5.74) is 4.52. The molecule has 3 aromatic rings. The number of ketones is 1. The number of carbonyl (C=O) groups is 2. The van der Waals surface area contributed by atoms with Gasteiger partial charge < -0.3 is 14.3 Å². The van der Waals surface area contributed by atoms with Gasteiger partial charge in [-0.3, -0.25) is 14.5 Å². The molecule has 6 nitrogen and oxygen atoms in total. The summed E-state index contributed by atoms with van der Waals surface area (Å²) in [6.45, 7) is 9.70. The zero-order valence-corrected chi connectivity index (χ0v) is 20.3. The third kappa shape index (κ3) is 3.79. The van der Waals surface area contributed by atoms with Crippen LogP contribution < -0.4 is 9.64 Å². The Morgan fingerprint density at radius 2 is 1.79 bits per heavy atom. The van der Waals surface area contributed by atoms with Gasteiger partial charge in [0, 0.05) is 11.3 Å². The predicted molar refractivity (Wildman–Crippen MR) is 131 cm³/mol. The van der Waals surface area contributed by atoms with Crippen LogP contribution in [0.3, 0.4) is 0 Å². The van der Waals surface area contributed by atoms with Gasteiger partial charge in [-0.15, -0.1) is 0 Å². The van der Waals surface area contributed by atoms with Gasteiger partial charge in [0.2, 0.25) is 0 Å². The second kappa shape index (κ2) is 8.86. The van der Waals surface area contributed by atoms with E-state index < -0.39 is 17.7 Å². The molecule has 2 aromatic carbocycles. The van der Waals surface area contributed by atoms with Crippen LogP contribution in [-0.2, 0) is 9.59 Å². The lowest BCUT2D eigenvalue weighted by Gasteiger charge is -2.25. The van der Waals surface area contributed by atoms with E-state index in [1.807, 2.05) is 65.0 Å². The van der Waals surface area contributed by atoms with Crippen molar-refractivity contribution in [2.45, 2.75) is 46.6 Å². The monoisotopic (exact) mass is 459 g/mol. The van der Waals surface area contributed by atoms with Crippen molar-refractivity contribution in [3.8, 4) is 5.75 Å². The number of nitrogens with zero attached hydrogens (tertiary/aromatic N) is 1. The lowest BCUT2D eigenvalue weighted by atomic mass is 9.92. The van der Waals surface area contributed by atoms with E-state index in [-0.39, 0.29) is 17.3 Å². The largest absolute Gasteiger partial charge is 0.507 e. The normalized spacial score (nSPS) is 17.6. The molecule has 0 aliphatic carbocycles. The fourth-order valence-electron chi connectivity index (χ4n) is 4.50. The molecular weight excluding hydrogens is 430 g/mol. The van der Waals surface area contributed by atoms with Crippen molar-refractivity contribution in [1.82, 2.24) is 0 Å². The Balaban J connectivity index is 1.98. The van der Waals surface area contributed by atoms with Crippen molar-refractivity contribution in [1.29, 1.82) is 0 Å². The van der Waals surface area contributed by atoms with Crippen molar-refractivity contribution in [2.75, 3.05) is 12.0 Å². The van der Waals surface area contributed by atoms with Crippen LogP contribution in [0.25, 0.3) is 5.76 Å². The molecule has 1 aliphatic heterocycles. The van der Waals surface area contributed by atoms with Crippen LogP contribution >= 0.6 is 0 Å². The summed E-state index contributed by atoms with van der Waals surface area (Å²) >= 11 is 0. The Labute approximate surface area is 199 Å². The van der Waals surface area contributed by atoms with Gasteiger partial charge in [0.1, 0.15) is 23.3 Å². The van der Waals surface area contributed by atoms with Crippen molar-refractivity contribution in [2.24, 2.45) is 0 Å². The molecule has 1 aliphatic rings. The number of amides is 1. The molecule has 0 spiro atoms. The average molecular weight is 460 g/mol. The number of aliphatic hydroxyl groups excluding tert-OH is 1. The third-order valence-electron chi connectivity index (χ3n) is 6.34. The van der Waals surface area contributed by atoms with Gasteiger partial charge in [-0.2, -0.15) is 0 Å². The maximum absolute atomic E-state index is 13.4. The fourth-order valence-corrected chi connectivity index (χ4v) is 4.50. The number of carbonyl (C=O) groups excluding carboxylic acids is 2. The van der Waals surface area contributed by atoms with Crippen LogP contribution in [0.5, 0.6) is 5.75 Å². The molecule has 0 saturated carbocycles. The first-order chi connectivity index (χ1) is 16.1. The molecule has 1 amide bonds. The highest BCUT2D eigenvalue weighted by Gasteiger charge is 2.48. The van der Waals surface area contributed by atoms with Gasteiger partial charge in [0.15, 0.2) is 0 Å². The molecule has 2 heterocycles. The summed E-state index contributed by atoms with van der Waals surface area (Å²) < 4.78 is 11.2. The summed E-state index contributed by atoms with van der Waals surface area (Å²) in [5, 5.41) is 11.5. The number of hydrogen-bond acceptors (Lipinski definition) is 5. The minimum Gasteiger partial charge on any atom is -0.507 e. The SMILES string of the molecule is COc1cc(C)c(/C(O)=C2\C(=O)C(=O)N(c3cc(C)ccc3C)C2c2ccco2)cc1C(C)C. The third-order valence-corrected chi connectivity index (χ3v) is 6.34. The molecule has 0 radical (unpaired) electrons. The Kier molecular flexibility index (Phi) is 6.09. The summed E-state index contributed by atoms with van der Waals surface area (Å²) in [4.78, 5) is 28.2. The van der Waals surface area contributed by atoms with Gasteiger partial charge in [-0.1, -0.05) is 26.0 Å². The van der Waals surface area contributed by atoms with Gasteiger partial charge in [-0.25, -0.2) is 0 Å². The van der Waals surface area contributed by atoms with Gasteiger partial charge in [0.25, 0.3) is 11.7 Å². The quantitative estimate of drug-likeness (QED) is 0.289. The second-order valence-corrected chi connectivity index (χ2v) is 9.04. The number of furan rings is 1. The molecule has 0 bridgehead atoms. The highest BCUT2D eigenvalue weighted by Crippen LogP contribution is 2.44. The maximum Gasteiger partial charge on any atom is 0.300 e. The number of hydrogen-bond donors (Lipinski definition) is 1. The van der Waals surface area contributed by atoms with E-state index in [4.69, 9.17) is 9.15 Å². The Morgan fingerprint density at radius 3 is 2.41 bits per heavy atom. The molecule has 1 aromatic heterocycles. The lowest BCUT2D eigenvalue weighted by molar-refractivity contribution is -0.132. The van der Waals surface area contributed by atoms with E-state index in [0.717, 1.165) is 22.3 Å². The van der Waals surface area contributed by atoms with Gasteiger partial charge in [0.05, 0.1) is 18.9 Å². The van der Waals surface area contributed by atoms with E-state index >= 15 is 0 Å². The molecule has 4 rings (SSSR count). The van der Waals surface area contributed by atoms with Crippen molar-refractivity contribution in [3.63, 3.8) is 0 Å². The molecule has 176 valence electrons. The highest BCUT2D eigenvalue weighted by molar-refractivity contribution is 6.51. The zero-order chi connectivity index (χ0) is 24.7. The lowest BCUT2D eigenvalue weighted by Crippen LogP contribution is -2.30. The molecular formula is C28H29NO5. The number of aliphatic hydroxyl groups is 1. The topological polar surface area (TPSA) is 80.0 Å². The summed E-state index contributed by atoms with van der Waals surface area (Å²) in [6, 6.07) is 11.9. The van der Waals surface area contributed by atoms with Gasteiger partial charge >= 0.3 is 0 Å². The van der Waals surface area contributed by atoms with E-state index in [0.29, 0.717) is 22.8 Å². The first-order valence-corrected chi connectivity index (χ1v) is 11.3. The van der Waals surface area contributed by atoms with Crippen LogP contribution in [0.1, 0.15) is 59.4 Å². The zero-order valence-electron chi connectivity index (χ0n) is 20.3. The number of Topliss-reactive ketones (excluding diaryl/α,β-unsaturated/α-hetero) is 1. The Morgan fingerprint density at radius 1 is 1.06 bits per heavy atom. The Hall–Kier alpha value is -3.80. The molecule has 1 unspecified atom stereocenters. The number of benzene rings is 2. The molecule has 34 heavy (non-hydrogen) atoms. The van der Waals surface area contributed by atoms with Crippen LogP contribution in [0.2, 0.25) is 0 Å². The highest BCUT2D eigenvalue weighted by atomic mass is 16.5. The van der Waals surface area contributed by atoms with E-state index in [1.54, 1.807) is 19.2 Å². The average Bonchev–Trinajstić information content (AvgIpc) is 3.41. The van der Waals surface area contributed by atoms with Crippen molar-refractivity contribution in [3.05, 3.63) is 87.9 Å². The van der Waals surface area contributed by atoms with Crippen molar-refractivity contribution < 1.29 is 23.8 Å². The van der Waals surface area contributed by atoms with Crippen LogP contribution in [0.4, 0.5) is 5.69 Å². The molecule has 1 saturated heterocycles. The number of methoxy groups -OCH3 is 1. The number of aryl methyl sites for hydroxylation is 3. The minimum absolute atomic E-state index is 0.00355. The molecule has 1 N–H and O–H groups in total. The molecule has 1 fully saturated rings. The number of anilines is 1. The minimum atomic E-state index is -0.889. The van der Waals surface area contributed by atoms with E-state index in [1.165, 1.54) is 11.2 Å². The molecule has 1 atom stereocenters. The number of rotatable bonds is 5. The van der Waals surface area contributed by atoms with E-state index in [2.05, 4.69) is 0 Å². The number of ether oxygens (including phenoxy) is 1. The van der Waals surface area contributed by atoms with Gasteiger partial charge in [-0.05, 0) is 79.3 Å². The van der Waals surface area contributed by atoms with Crippen LogP contribution in [0, 0.1) is 20.8 Å². The fraction of sp³-hybridized carbons (Fsp3) is 0.286. The summed E-state index contributed by atoms with van der Waals surface area (Å²) in [5.74, 6) is -0.442. The van der Waals surface area contributed by atoms with E-state index in [9.17, 15) is 14.7 Å². The smallest absolute Gasteiger partial charge is 0.300 e. The van der Waals surface area contributed by atoms with Crippen molar-refractivity contribution >= 4 is 23.1 Å². The Bertz CT molecular complexity index is 1300. The second-order valence-electron chi connectivity index (χ2n) is 9.04. The summed E-state index contributed by atoms with van der Waals surface area (Å²) in [6.07, 6.45) is 1.49. The first kappa shape index (κ1) is 23.4. The van der Waals surface area contributed by atoms with Crippen LogP contribution in [0.15, 0.2) is 58.7 Å². The van der Waals surface area contributed by atoms with Crippen LogP contribution in [-0.4, -0.2) is 23.9 Å². The predicted octanol–water partition coefficient (Wildman–Crippen LogP) is 5.96. The maximum atomic E-state index is 13.4. The summed E-state index contributed by atoms with van der Waals surface area (Å²) in [7, 11) is 1.60. The molecule has 6 heteroatoms. The standard InChI is InChI=1S/C28H29NO5/c1-15(2)19-14-20(18(5)13-23(19)33-6)26(30)24-25(22-8-7-11-34-22)29(28(32)27(24)31)21-12-16(3)9-10-17(21)4/h7-15,25,30H,1-6H3/b26-24+. The first-order valence-electron chi connectivity index (χ1n) is 11.3.